The van der Waals surface area contributed by atoms with E-state index in [4.69, 9.17) is 20.2 Å². The summed E-state index contributed by atoms with van der Waals surface area (Å²) in [5, 5.41) is 0. The standard InChI is InChI=1S/C11H13ClO4S2/c1-11(17,4-5-18(12,13)14)8-2-3-9-10(6-8)16-7-15-9/h2-3,6,17H,4-5,7H2,1H3. The summed E-state index contributed by atoms with van der Waals surface area (Å²) in [6, 6.07) is 5.46. The van der Waals surface area contributed by atoms with E-state index in [1.165, 1.54) is 0 Å². The van der Waals surface area contributed by atoms with Gasteiger partial charge in [-0.2, -0.15) is 12.6 Å². The van der Waals surface area contributed by atoms with Crippen LogP contribution in [-0.2, 0) is 13.8 Å². The molecule has 1 unspecified atom stereocenters. The molecule has 1 aromatic rings. The van der Waals surface area contributed by atoms with Crippen molar-refractivity contribution in [3.63, 3.8) is 0 Å². The van der Waals surface area contributed by atoms with Crippen LogP contribution in [0.25, 0.3) is 0 Å². The van der Waals surface area contributed by atoms with Crippen LogP contribution in [0.1, 0.15) is 18.9 Å². The molecular formula is C11H13ClO4S2. The molecule has 0 fully saturated rings. The van der Waals surface area contributed by atoms with Crippen molar-refractivity contribution in [1.29, 1.82) is 0 Å². The molecule has 7 heteroatoms. The van der Waals surface area contributed by atoms with Crippen molar-refractivity contribution in [2.75, 3.05) is 12.5 Å². The van der Waals surface area contributed by atoms with Gasteiger partial charge in [-0.15, -0.1) is 0 Å². The first-order chi connectivity index (χ1) is 8.28. The second-order valence-electron chi connectivity index (χ2n) is 4.33. The van der Waals surface area contributed by atoms with E-state index in [0.29, 0.717) is 17.9 Å². The second-order valence-corrected chi connectivity index (χ2v) is 8.22. The Morgan fingerprint density at radius 2 is 2.06 bits per heavy atom. The van der Waals surface area contributed by atoms with Crippen molar-refractivity contribution in [3.05, 3.63) is 23.8 Å². The molecule has 0 saturated carbocycles. The van der Waals surface area contributed by atoms with Gasteiger partial charge in [0, 0.05) is 15.4 Å². The maximum absolute atomic E-state index is 11.0. The number of fused-ring (bicyclic) bond motifs is 1. The van der Waals surface area contributed by atoms with Crippen LogP contribution in [0.15, 0.2) is 18.2 Å². The maximum Gasteiger partial charge on any atom is 0.232 e. The molecule has 18 heavy (non-hydrogen) atoms. The van der Waals surface area contributed by atoms with Crippen LogP contribution in [0.4, 0.5) is 0 Å². The molecule has 1 heterocycles. The Morgan fingerprint density at radius 3 is 2.72 bits per heavy atom. The maximum atomic E-state index is 11.0. The summed E-state index contributed by atoms with van der Waals surface area (Å²) < 4.78 is 31.9. The van der Waals surface area contributed by atoms with Gasteiger partial charge in [0.1, 0.15) is 0 Å². The molecule has 0 spiro atoms. The van der Waals surface area contributed by atoms with Gasteiger partial charge in [0.2, 0.25) is 15.8 Å². The Bertz CT molecular complexity index is 554. The average Bonchev–Trinajstić information content (AvgIpc) is 2.72. The third-order valence-electron chi connectivity index (χ3n) is 2.83. The molecule has 0 radical (unpaired) electrons. The molecule has 0 aromatic heterocycles. The van der Waals surface area contributed by atoms with Crippen molar-refractivity contribution in [3.8, 4) is 11.5 Å². The summed E-state index contributed by atoms with van der Waals surface area (Å²) in [6.07, 6.45) is 0.321. The molecule has 1 atom stereocenters. The van der Waals surface area contributed by atoms with E-state index >= 15 is 0 Å². The highest BCUT2D eigenvalue weighted by Gasteiger charge is 2.26. The highest BCUT2D eigenvalue weighted by Crippen LogP contribution is 2.39. The zero-order valence-corrected chi connectivity index (χ0v) is 12.2. The van der Waals surface area contributed by atoms with Gasteiger partial charge in [-0.1, -0.05) is 6.07 Å². The quantitative estimate of drug-likeness (QED) is 0.686. The minimum absolute atomic E-state index is 0.122. The number of thiol groups is 1. The summed E-state index contributed by atoms with van der Waals surface area (Å²) in [4.78, 5) is 0. The molecule has 2 rings (SSSR count). The highest BCUT2D eigenvalue weighted by molar-refractivity contribution is 8.13. The number of hydrogen-bond donors (Lipinski definition) is 1. The molecule has 100 valence electrons. The predicted octanol–water partition coefficient (Wildman–Crippen LogP) is 2.52. The zero-order valence-electron chi connectivity index (χ0n) is 9.72. The first-order valence-electron chi connectivity index (χ1n) is 5.33. The first-order valence-corrected chi connectivity index (χ1v) is 8.25. The Morgan fingerprint density at radius 1 is 1.39 bits per heavy atom. The molecular weight excluding hydrogens is 296 g/mol. The minimum Gasteiger partial charge on any atom is -0.454 e. The molecule has 1 aromatic carbocycles. The van der Waals surface area contributed by atoms with Gasteiger partial charge in [-0.25, -0.2) is 8.42 Å². The van der Waals surface area contributed by atoms with E-state index in [1.807, 2.05) is 19.1 Å². The van der Waals surface area contributed by atoms with Crippen LogP contribution in [0.5, 0.6) is 11.5 Å². The number of rotatable bonds is 4. The topological polar surface area (TPSA) is 52.6 Å². The van der Waals surface area contributed by atoms with Gasteiger partial charge in [0.15, 0.2) is 11.5 Å². The fourth-order valence-electron chi connectivity index (χ4n) is 1.70. The van der Waals surface area contributed by atoms with Crippen LogP contribution < -0.4 is 9.47 Å². The Labute approximate surface area is 116 Å². The molecule has 0 saturated heterocycles. The minimum atomic E-state index is -3.51. The van der Waals surface area contributed by atoms with Crippen LogP contribution >= 0.6 is 23.3 Å². The van der Waals surface area contributed by atoms with Crippen LogP contribution in [0, 0.1) is 0 Å². The van der Waals surface area contributed by atoms with E-state index in [1.54, 1.807) is 6.07 Å². The van der Waals surface area contributed by atoms with Crippen molar-refractivity contribution < 1.29 is 17.9 Å². The van der Waals surface area contributed by atoms with Crippen molar-refractivity contribution in [1.82, 2.24) is 0 Å². The van der Waals surface area contributed by atoms with E-state index in [9.17, 15) is 8.42 Å². The zero-order chi connectivity index (χ0) is 13.4. The molecule has 0 bridgehead atoms. The van der Waals surface area contributed by atoms with E-state index in [2.05, 4.69) is 12.6 Å². The molecule has 0 N–H and O–H groups in total. The van der Waals surface area contributed by atoms with Gasteiger partial charge in [-0.3, -0.25) is 0 Å². The smallest absolute Gasteiger partial charge is 0.232 e. The second kappa shape index (κ2) is 4.83. The lowest BCUT2D eigenvalue weighted by Crippen LogP contribution is -2.17. The molecule has 0 amide bonds. The number of halogens is 1. The monoisotopic (exact) mass is 308 g/mol. The van der Waals surface area contributed by atoms with Gasteiger partial charge in [0.05, 0.1) is 5.75 Å². The number of ether oxygens (including phenoxy) is 2. The number of hydrogen-bond acceptors (Lipinski definition) is 5. The van der Waals surface area contributed by atoms with Crippen LogP contribution in [-0.4, -0.2) is 21.0 Å². The SMILES string of the molecule is CC(S)(CCS(=O)(=O)Cl)c1ccc2c(c1)OCO2. The summed E-state index contributed by atoms with van der Waals surface area (Å²) in [7, 11) is 1.70. The third kappa shape index (κ3) is 3.24. The largest absolute Gasteiger partial charge is 0.454 e. The highest BCUT2D eigenvalue weighted by atomic mass is 35.7. The predicted molar refractivity (Wildman–Crippen MR) is 73.2 cm³/mol. The van der Waals surface area contributed by atoms with Gasteiger partial charge in [0.25, 0.3) is 0 Å². The lowest BCUT2D eigenvalue weighted by Gasteiger charge is -2.23. The Kier molecular flexibility index (Phi) is 3.71. The molecule has 4 nitrogen and oxygen atoms in total. The third-order valence-corrected chi connectivity index (χ3v) is 4.46. The summed E-state index contributed by atoms with van der Waals surface area (Å²) in [5.41, 5.74) is 0.871. The lowest BCUT2D eigenvalue weighted by molar-refractivity contribution is 0.174. The van der Waals surface area contributed by atoms with Crippen LogP contribution in [0.3, 0.4) is 0 Å². The van der Waals surface area contributed by atoms with E-state index < -0.39 is 13.8 Å². The first kappa shape index (κ1) is 13.8. The Hall–Kier alpha value is -0.590. The lowest BCUT2D eigenvalue weighted by atomic mass is 9.97. The summed E-state index contributed by atoms with van der Waals surface area (Å²) >= 11 is 4.51. The van der Waals surface area contributed by atoms with Crippen molar-refractivity contribution in [2.45, 2.75) is 18.1 Å². The van der Waals surface area contributed by atoms with Gasteiger partial charge in [-0.05, 0) is 31.0 Å². The summed E-state index contributed by atoms with van der Waals surface area (Å²) in [5.74, 6) is 1.22. The molecule has 0 aliphatic carbocycles. The van der Waals surface area contributed by atoms with Crippen molar-refractivity contribution in [2.24, 2.45) is 0 Å². The molecule has 1 aliphatic rings. The van der Waals surface area contributed by atoms with E-state index in [0.717, 1.165) is 5.56 Å². The van der Waals surface area contributed by atoms with Crippen LogP contribution in [0.2, 0.25) is 0 Å². The average molecular weight is 309 g/mol. The van der Waals surface area contributed by atoms with Crippen molar-refractivity contribution >= 4 is 32.4 Å². The molecule has 1 aliphatic heterocycles. The number of benzene rings is 1. The Balaban J connectivity index is 2.19. The fraction of sp³-hybridized carbons (Fsp3) is 0.455. The van der Waals surface area contributed by atoms with Gasteiger partial charge < -0.3 is 9.47 Å². The summed E-state index contributed by atoms with van der Waals surface area (Å²) in [6.45, 7) is 2.05. The van der Waals surface area contributed by atoms with Gasteiger partial charge >= 0.3 is 0 Å². The fourth-order valence-corrected chi connectivity index (χ4v) is 2.98. The normalized spacial score (nSPS) is 17.5. The van der Waals surface area contributed by atoms with E-state index in [-0.39, 0.29) is 12.5 Å².